The number of hydrogen-bond donors (Lipinski definition) is 4. The lowest BCUT2D eigenvalue weighted by Gasteiger charge is -2.41. The minimum Gasteiger partial charge on any atom is -0.350 e. The second-order valence-corrected chi connectivity index (χ2v) is 17.7. The third-order valence-electron chi connectivity index (χ3n) is 11.8. The molecular formula is C38H64N6O6. The number of rotatable bonds is 7. The van der Waals surface area contributed by atoms with Crippen molar-refractivity contribution in [2.75, 3.05) is 26.2 Å². The summed E-state index contributed by atoms with van der Waals surface area (Å²) in [5, 5.41) is 11.5. The van der Waals surface area contributed by atoms with Crippen molar-refractivity contribution in [1.82, 2.24) is 31.1 Å². The summed E-state index contributed by atoms with van der Waals surface area (Å²) in [5.41, 5.74) is -0.553. The van der Waals surface area contributed by atoms with Crippen molar-refractivity contribution in [3.8, 4) is 0 Å². The molecule has 50 heavy (non-hydrogen) atoms. The fraction of sp³-hybridized carbons (Fsp3) is 0.842. The van der Waals surface area contributed by atoms with Crippen LogP contribution in [0.1, 0.15) is 126 Å². The zero-order chi connectivity index (χ0) is 37.0. The number of fused-ring (bicyclic) bond motifs is 3. The number of piperidine rings is 2. The number of carbonyl (C=O) groups is 6. The Hall–Kier alpha value is -3.18. The first-order chi connectivity index (χ1) is 23.4. The lowest BCUT2D eigenvalue weighted by atomic mass is 9.81. The van der Waals surface area contributed by atoms with Gasteiger partial charge in [-0.3, -0.25) is 24.0 Å². The molecule has 3 saturated heterocycles. The van der Waals surface area contributed by atoms with E-state index in [9.17, 15) is 28.8 Å². The molecule has 3 aliphatic heterocycles. The van der Waals surface area contributed by atoms with E-state index in [1.165, 1.54) is 0 Å². The summed E-state index contributed by atoms with van der Waals surface area (Å²) in [6.45, 7) is 17.9. The zero-order valence-corrected chi connectivity index (χ0v) is 31.9. The number of carbonyl (C=O) groups excluding carboxylic acids is 6. The minimum absolute atomic E-state index is 0.0412. The van der Waals surface area contributed by atoms with E-state index in [0.717, 1.165) is 44.9 Å². The Morgan fingerprint density at radius 1 is 0.940 bits per heavy atom. The molecule has 4 aliphatic rings. The van der Waals surface area contributed by atoms with Crippen molar-refractivity contribution in [3.63, 3.8) is 0 Å². The normalized spacial score (nSPS) is 29.6. The Labute approximate surface area is 299 Å². The molecule has 3 heterocycles. The number of urea groups is 1. The highest BCUT2D eigenvalue weighted by Crippen LogP contribution is 2.65. The molecule has 6 amide bonds. The fourth-order valence-corrected chi connectivity index (χ4v) is 8.26. The molecule has 1 aliphatic carbocycles. The van der Waals surface area contributed by atoms with E-state index in [1.54, 1.807) is 11.8 Å². The van der Waals surface area contributed by atoms with Gasteiger partial charge >= 0.3 is 6.03 Å². The van der Waals surface area contributed by atoms with Crippen molar-refractivity contribution < 1.29 is 28.8 Å². The topological polar surface area (TPSA) is 157 Å². The Kier molecular flexibility index (Phi) is 12.7. The van der Waals surface area contributed by atoms with E-state index in [4.69, 9.17) is 0 Å². The second kappa shape index (κ2) is 16.0. The van der Waals surface area contributed by atoms with Gasteiger partial charge in [-0.2, -0.15) is 0 Å². The molecule has 4 rings (SSSR count). The summed E-state index contributed by atoms with van der Waals surface area (Å²) < 4.78 is 0. The first kappa shape index (κ1) is 39.6. The lowest BCUT2D eigenvalue weighted by Crippen LogP contribution is -2.60. The van der Waals surface area contributed by atoms with Gasteiger partial charge < -0.3 is 31.1 Å². The Balaban J connectivity index is 1.54. The quantitative estimate of drug-likeness (QED) is 0.295. The van der Waals surface area contributed by atoms with E-state index in [1.807, 2.05) is 25.7 Å². The van der Waals surface area contributed by atoms with Crippen molar-refractivity contribution in [3.05, 3.63) is 0 Å². The summed E-state index contributed by atoms with van der Waals surface area (Å²) in [6, 6.07) is -3.44. The summed E-state index contributed by atoms with van der Waals surface area (Å²) in [4.78, 5) is 84.4. The highest BCUT2D eigenvalue weighted by molar-refractivity contribution is 6.38. The van der Waals surface area contributed by atoms with Gasteiger partial charge in [0.05, 0.1) is 12.1 Å². The maximum absolute atomic E-state index is 14.4. The van der Waals surface area contributed by atoms with Crippen LogP contribution in [-0.4, -0.2) is 95.6 Å². The first-order valence-corrected chi connectivity index (χ1v) is 19.1. The second-order valence-electron chi connectivity index (χ2n) is 17.7. The van der Waals surface area contributed by atoms with Gasteiger partial charge in [0.15, 0.2) is 0 Å². The minimum atomic E-state index is -0.966. The molecule has 4 fully saturated rings. The molecule has 4 N–H and O–H groups in total. The van der Waals surface area contributed by atoms with E-state index >= 15 is 0 Å². The van der Waals surface area contributed by atoms with Crippen molar-refractivity contribution in [2.24, 2.45) is 28.1 Å². The molecule has 12 heteroatoms. The number of nitrogens with one attached hydrogen (secondary N) is 4. The van der Waals surface area contributed by atoms with Crippen LogP contribution < -0.4 is 21.3 Å². The summed E-state index contributed by atoms with van der Waals surface area (Å²) >= 11 is 0. The van der Waals surface area contributed by atoms with Crippen LogP contribution in [0.25, 0.3) is 0 Å². The van der Waals surface area contributed by atoms with Crippen molar-refractivity contribution in [2.45, 2.75) is 150 Å². The van der Waals surface area contributed by atoms with Crippen molar-refractivity contribution >= 4 is 35.4 Å². The molecule has 0 aromatic carbocycles. The van der Waals surface area contributed by atoms with Gasteiger partial charge in [-0.05, 0) is 54.3 Å². The van der Waals surface area contributed by atoms with Gasteiger partial charge in [0, 0.05) is 32.6 Å². The zero-order valence-electron chi connectivity index (χ0n) is 31.9. The predicted octanol–water partition coefficient (Wildman–Crippen LogP) is 3.92. The third kappa shape index (κ3) is 9.57. The number of hydrogen-bond acceptors (Lipinski definition) is 6. The Morgan fingerprint density at radius 2 is 1.56 bits per heavy atom. The van der Waals surface area contributed by atoms with Crippen LogP contribution in [0, 0.1) is 28.1 Å². The maximum Gasteiger partial charge on any atom is 0.315 e. The number of Topliss-reactive ketones (excluding diaryl/α,β-unsaturated/α-hetero) is 1. The van der Waals surface area contributed by atoms with Crippen molar-refractivity contribution in [1.29, 1.82) is 0 Å². The standard InChI is InChI=1S/C38H64N6O6/c1-9-39-33(48)31(46)25-17-15-13-11-10-12-14-16-18-26(34(49)44-22-24-29(38(24,7)8)30(44)32(47)40-25)41-35(50)42-27(36(2,3)4)23-43-20-19-37(5,6)21-28(43)45/h24-27,29-30H,9-23H2,1-8H3,(H,39,48)(H,40,47)(H2,41,42,50)/t24-,25+,26+,27+,29-,30-/m0/s1. The van der Waals surface area contributed by atoms with Crippen LogP contribution in [0.5, 0.6) is 0 Å². The molecule has 0 aromatic rings. The van der Waals surface area contributed by atoms with Crippen LogP contribution in [0.2, 0.25) is 0 Å². The Morgan fingerprint density at radius 3 is 2.16 bits per heavy atom. The van der Waals surface area contributed by atoms with Gasteiger partial charge in [0.25, 0.3) is 5.91 Å². The molecule has 0 radical (unpaired) electrons. The van der Waals surface area contributed by atoms with Crippen LogP contribution in [0.15, 0.2) is 0 Å². The summed E-state index contributed by atoms with van der Waals surface area (Å²) in [7, 11) is 0. The maximum atomic E-state index is 14.4. The van der Waals surface area contributed by atoms with Crippen LogP contribution >= 0.6 is 0 Å². The largest absolute Gasteiger partial charge is 0.350 e. The smallest absolute Gasteiger partial charge is 0.315 e. The lowest BCUT2D eigenvalue weighted by molar-refractivity contribution is -0.144. The highest BCUT2D eigenvalue weighted by Gasteiger charge is 2.69. The molecule has 0 spiro atoms. The number of likely N-dealkylation sites (N-methyl/N-ethyl adjacent to an activating group) is 1. The van der Waals surface area contributed by atoms with Gasteiger partial charge in [0.1, 0.15) is 12.1 Å². The van der Waals surface area contributed by atoms with Gasteiger partial charge in [0.2, 0.25) is 23.5 Å². The highest BCUT2D eigenvalue weighted by atomic mass is 16.2. The van der Waals surface area contributed by atoms with Crippen LogP contribution in [0.3, 0.4) is 0 Å². The Bertz CT molecular complexity index is 1290. The summed E-state index contributed by atoms with van der Waals surface area (Å²) in [5.74, 6) is -1.98. The number of likely N-dealkylation sites (tertiary alicyclic amines) is 1. The number of nitrogens with zero attached hydrogens (tertiary/aromatic N) is 2. The van der Waals surface area contributed by atoms with E-state index in [-0.39, 0.29) is 45.9 Å². The third-order valence-corrected chi connectivity index (χ3v) is 11.8. The number of amides is 6. The fourth-order valence-electron chi connectivity index (χ4n) is 8.26. The number of ketones is 1. The molecule has 0 unspecified atom stereocenters. The van der Waals surface area contributed by atoms with E-state index in [0.29, 0.717) is 51.9 Å². The van der Waals surface area contributed by atoms with E-state index in [2.05, 4.69) is 49.0 Å². The predicted molar refractivity (Wildman–Crippen MR) is 192 cm³/mol. The molecular weight excluding hydrogens is 636 g/mol. The molecule has 1 saturated carbocycles. The average molecular weight is 701 g/mol. The molecule has 0 bridgehead atoms. The van der Waals surface area contributed by atoms with E-state index < -0.39 is 41.8 Å². The van der Waals surface area contributed by atoms with Gasteiger partial charge in [-0.1, -0.05) is 93.4 Å². The van der Waals surface area contributed by atoms with Gasteiger partial charge in [-0.25, -0.2) is 4.79 Å². The van der Waals surface area contributed by atoms with Crippen LogP contribution in [0.4, 0.5) is 4.79 Å². The molecule has 6 atom stereocenters. The SMILES string of the molecule is CCNC(=O)C(=O)[C@H]1CCCCCCCCC[C@@H](NC(=O)N[C@H](CN2CCC(C)(C)CC2=O)C(C)(C)C)C(=O)N2C[C@H]3[C@@H]([C@H]2C(=O)N1)C3(C)C. The molecule has 282 valence electrons. The molecule has 0 aromatic heterocycles. The summed E-state index contributed by atoms with van der Waals surface area (Å²) in [6.07, 6.45) is 8.38. The monoisotopic (exact) mass is 700 g/mol. The molecule has 12 nitrogen and oxygen atoms in total. The van der Waals surface area contributed by atoms with Crippen LogP contribution in [-0.2, 0) is 24.0 Å². The van der Waals surface area contributed by atoms with Gasteiger partial charge in [-0.15, -0.1) is 0 Å². The average Bonchev–Trinajstić information content (AvgIpc) is 3.32. The first-order valence-electron chi connectivity index (χ1n) is 19.1.